The standard InChI is InChI=1S/C13H14F2N2S/c1-13(7-16,17-9-2-3-9)8-18-10-4-5-11(14)12(15)6-10/h4-6,9,17H,2-3,8H2,1H3. The fourth-order valence-corrected chi connectivity index (χ4v) is 2.53. The molecule has 2 rings (SSSR count). The van der Waals surface area contributed by atoms with Crippen LogP contribution in [0.5, 0.6) is 0 Å². The van der Waals surface area contributed by atoms with Crippen LogP contribution >= 0.6 is 11.8 Å². The van der Waals surface area contributed by atoms with Crippen molar-refractivity contribution >= 4 is 11.8 Å². The van der Waals surface area contributed by atoms with Gasteiger partial charge in [0, 0.05) is 16.7 Å². The molecule has 0 saturated heterocycles. The minimum Gasteiger partial charge on any atom is -0.296 e. The van der Waals surface area contributed by atoms with Crippen molar-refractivity contribution in [3.63, 3.8) is 0 Å². The fourth-order valence-electron chi connectivity index (χ4n) is 1.58. The van der Waals surface area contributed by atoms with E-state index in [1.54, 1.807) is 0 Å². The molecule has 5 heteroatoms. The molecule has 1 fully saturated rings. The highest BCUT2D eigenvalue weighted by atomic mass is 32.2. The quantitative estimate of drug-likeness (QED) is 0.834. The van der Waals surface area contributed by atoms with Gasteiger partial charge in [0.1, 0.15) is 5.54 Å². The number of nitriles is 1. The van der Waals surface area contributed by atoms with Crippen molar-refractivity contribution in [3.05, 3.63) is 29.8 Å². The molecule has 0 heterocycles. The van der Waals surface area contributed by atoms with Gasteiger partial charge in [0.15, 0.2) is 11.6 Å². The van der Waals surface area contributed by atoms with Gasteiger partial charge >= 0.3 is 0 Å². The van der Waals surface area contributed by atoms with E-state index >= 15 is 0 Å². The van der Waals surface area contributed by atoms with E-state index in [0.717, 1.165) is 25.0 Å². The van der Waals surface area contributed by atoms with E-state index in [4.69, 9.17) is 0 Å². The van der Waals surface area contributed by atoms with Crippen molar-refractivity contribution in [2.24, 2.45) is 0 Å². The highest BCUT2D eigenvalue weighted by Gasteiger charge is 2.32. The first-order valence-electron chi connectivity index (χ1n) is 5.79. The van der Waals surface area contributed by atoms with E-state index in [1.165, 1.54) is 17.8 Å². The van der Waals surface area contributed by atoms with E-state index < -0.39 is 17.2 Å². The van der Waals surface area contributed by atoms with Gasteiger partial charge in [0.05, 0.1) is 6.07 Å². The maximum Gasteiger partial charge on any atom is 0.159 e. The third-order valence-electron chi connectivity index (χ3n) is 2.77. The Morgan fingerprint density at radius 2 is 2.17 bits per heavy atom. The Bertz CT molecular complexity index is 482. The largest absolute Gasteiger partial charge is 0.296 e. The summed E-state index contributed by atoms with van der Waals surface area (Å²) in [5.41, 5.74) is -0.628. The van der Waals surface area contributed by atoms with Crippen LogP contribution in [0.3, 0.4) is 0 Å². The predicted molar refractivity (Wildman–Crippen MR) is 67.3 cm³/mol. The zero-order valence-electron chi connectivity index (χ0n) is 10.0. The maximum absolute atomic E-state index is 13.0. The fraction of sp³-hybridized carbons (Fsp3) is 0.462. The minimum absolute atomic E-state index is 0.431. The summed E-state index contributed by atoms with van der Waals surface area (Å²) in [5, 5.41) is 12.4. The van der Waals surface area contributed by atoms with Gasteiger partial charge in [-0.3, -0.25) is 5.32 Å². The van der Waals surface area contributed by atoms with E-state index in [1.807, 2.05) is 6.92 Å². The number of hydrogen-bond donors (Lipinski definition) is 1. The van der Waals surface area contributed by atoms with Crippen molar-refractivity contribution < 1.29 is 8.78 Å². The molecule has 0 bridgehead atoms. The average Bonchev–Trinajstić information content (AvgIpc) is 3.15. The lowest BCUT2D eigenvalue weighted by molar-refractivity contribution is 0.490. The molecule has 1 aliphatic carbocycles. The predicted octanol–water partition coefficient (Wildman–Crippen LogP) is 3.09. The molecular weight excluding hydrogens is 254 g/mol. The molecule has 0 amide bonds. The van der Waals surface area contributed by atoms with Crippen molar-refractivity contribution in [1.82, 2.24) is 5.32 Å². The summed E-state index contributed by atoms with van der Waals surface area (Å²) >= 11 is 1.35. The van der Waals surface area contributed by atoms with Gasteiger partial charge in [-0.15, -0.1) is 11.8 Å². The summed E-state index contributed by atoms with van der Waals surface area (Å²) in [6.07, 6.45) is 2.21. The molecule has 2 nitrogen and oxygen atoms in total. The Labute approximate surface area is 109 Å². The Morgan fingerprint density at radius 1 is 1.44 bits per heavy atom. The van der Waals surface area contributed by atoms with E-state index in [0.29, 0.717) is 16.7 Å². The number of nitrogens with zero attached hydrogens (tertiary/aromatic N) is 1. The minimum atomic E-state index is -0.853. The first-order chi connectivity index (χ1) is 8.52. The van der Waals surface area contributed by atoms with E-state index in [2.05, 4.69) is 11.4 Å². The highest BCUT2D eigenvalue weighted by molar-refractivity contribution is 7.99. The second-order valence-corrected chi connectivity index (χ2v) is 5.78. The first-order valence-corrected chi connectivity index (χ1v) is 6.78. The number of rotatable bonds is 5. The molecule has 1 saturated carbocycles. The van der Waals surface area contributed by atoms with Crippen LogP contribution in [0.1, 0.15) is 19.8 Å². The van der Waals surface area contributed by atoms with Gasteiger partial charge in [0.25, 0.3) is 0 Å². The lowest BCUT2D eigenvalue weighted by atomic mass is 10.1. The molecule has 0 aromatic heterocycles. The molecule has 1 aromatic carbocycles. The molecule has 0 radical (unpaired) electrons. The first kappa shape index (κ1) is 13.3. The third kappa shape index (κ3) is 3.44. The molecule has 96 valence electrons. The highest BCUT2D eigenvalue weighted by Crippen LogP contribution is 2.27. The summed E-state index contributed by atoms with van der Waals surface area (Å²) in [7, 11) is 0. The topological polar surface area (TPSA) is 35.8 Å². The van der Waals surface area contributed by atoms with Crippen LogP contribution in [0.2, 0.25) is 0 Å². The average molecular weight is 268 g/mol. The summed E-state index contributed by atoms with van der Waals surface area (Å²) in [6.45, 7) is 1.83. The summed E-state index contributed by atoms with van der Waals surface area (Å²) in [6, 6.07) is 6.47. The lowest BCUT2D eigenvalue weighted by Gasteiger charge is -2.22. The van der Waals surface area contributed by atoms with E-state index in [9.17, 15) is 14.0 Å². The number of nitrogens with one attached hydrogen (secondary N) is 1. The summed E-state index contributed by atoms with van der Waals surface area (Å²) < 4.78 is 25.8. The van der Waals surface area contributed by atoms with Crippen LogP contribution in [0, 0.1) is 23.0 Å². The zero-order chi connectivity index (χ0) is 13.2. The van der Waals surface area contributed by atoms with Gasteiger partial charge in [0.2, 0.25) is 0 Å². The molecule has 0 aliphatic heterocycles. The van der Waals surface area contributed by atoms with Gasteiger partial charge in [-0.2, -0.15) is 5.26 Å². The second kappa shape index (κ2) is 5.25. The van der Waals surface area contributed by atoms with Crippen molar-refractivity contribution in [3.8, 4) is 6.07 Å². The smallest absolute Gasteiger partial charge is 0.159 e. The van der Waals surface area contributed by atoms with Gasteiger partial charge in [-0.1, -0.05) is 0 Å². The normalized spacial score (nSPS) is 18.1. The number of benzene rings is 1. The Hall–Kier alpha value is -1.12. The lowest BCUT2D eigenvalue weighted by Crippen LogP contribution is -2.44. The van der Waals surface area contributed by atoms with Crippen molar-refractivity contribution in [2.45, 2.75) is 36.2 Å². The third-order valence-corrected chi connectivity index (χ3v) is 4.07. The summed E-state index contributed by atoms with van der Waals surface area (Å²) in [4.78, 5) is 0.632. The van der Waals surface area contributed by atoms with Crippen LogP contribution in [-0.4, -0.2) is 17.3 Å². The summed E-state index contributed by atoms with van der Waals surface area (Å²) in [5.74, 6) is -1.20. The Kier molecular flexibility index (Phi) is 3.88. The van der Waals surface area contributed by atoms with Crippen LogP contribution in [0.25, 0.3) is 0 Å². The maximum atomic E-state index is 13.0. The van der Waals surface area contributed by atoms with Crippen molar-refractivity contribution in [2.75, 3.05) is 5.75 Å². The van der Waals surface area contributed by atoms with Gasteiger partial charge in [-0.25, -0.2) is 8.78 Å². The van der Waals surface area contributed by atoms with Gasteiger partial charge in [-0.05, 0) is 38.0 Å². The monoisotopic (exact) mass is 268 g/mol. The second-order valence-electron chi connectivity index (χ2n) is 4.73. The zero-order valence-corrected chi connectivity index (χ0v) is 10.9. The molecule has 1 aromatic rings. The van der Waals surface area contributed by atoms with Gasteiger partial charge < -0.3 is 0 Å². The number of thioether (sulfide) groups is 1. The Morgan fingerprint density at radius 3 is 2.72 bits per heavy atom. The van der Waals surface area contributed by atoms with Crippen LogP contribution in [0.4, 0.5) is 8.78 Å². The molecule has 1 aliphatic rings. The van der Waals surface area contributed by atoms with Crippen LogP contribution in [-0.2, 0) is 0 Å². The number of halogens is 2. The van der Waals surface area contributed by atoms with Crippen LogP contribution in [0.15, 0.2) is 23.1 Å². The Balaban J connectivity index is 1.96. The SMILES string of the molecule is CC(C#N)(CSc1ccc(F)c(F)c1)NC1CC1. The van der Waals surface area contributed by atoms with E-state index in [-0.39, 0.29) is 0 Å². The molecule has 1 atom stereocenters. The van der Waals surface area contributed by atoms with Crippen molar-refractivity contribution in [1.29, 1.82) is 5.26 Å². The molecule has 0 spiro atoms. The number of hydrogen-bond acceptors (Lipinski definition) is 3. The van der Waals surface area contributed by atoms with Crippen LogP contribution < -0.4 is 5.32 Å². The molecule has 18 heavy (non-hydrogen) atoms. The molecule has 1 unspecified atom stereocenters. The molecule has 1 N–H and O–H groups in total. The molecular formula is C13H14F2N2S.